The normalized spacial score (nSPS) is 17.2. The molecular weight excluding hydrogens is 314 g/mol. The molecule has 1 aliphatic rings. The number of fused-ring (bicyclic) bond motifs is 1. The van der Waals surface area contributed by atoms with Gasteiger partial charge in [-0.1, -0.05) is 22.0 Å². The Balaban J connectivity index is 1.91. The molecule has 1 heterocycles. The molecule has 0 fully saturated rings. The third-order valence-electron chi connectivity index (χ3n) is 3.57. The SMILES string of the molecule is Cc1cc(C)cc(NC2CCOc3ccc(Br)cc32)c1. The monoisotopic (exact) mass is 331 g/mol. The van der Waals surface area contributed by atoms with Crippen molar-refractivity contribution in [1.29, 1.82) is 0 Å². The van der Waals surface area contributed by atoms with Crippen LogP contribution in [0.15, 0.2) is 40.9 Å². The first-order chi connectivity index (χ1) is 9.61. The van der Waals surface area contributed by atoms with E-state index in [9.17, 15) is 0 Å². The Labute approximate surface area is 128 Å². The number of aryl methyl sites for hydroxylation is 2. The van der Waals surface area contributed by atoms with Crippen LogP contribution in [0.5, 0.6) is 5.75 Å². The fourth-order valence-corrected chi connectivity index (χ4v) is 3.15. The van der Waals surface area contributed by atoms with E-state index in [1.54, 1.807) is 0 Å². The molecule has 0 aromatic heterocycles. The molecule has 0 aliphatic carbocycles. The van der Waals surface area contributed by atoms with Gasteiger partial charge in [-0.3, -0.25) is 0 Å². The van der Waals surface area contributed by atoms with E-state index in [1.165, 1.54) is 22.4 Å². The van der Waals surface area contributed by atoms with Gasteiger partial charge in [0.15, 0.2) is 0 Å². The first kappa shape index (κ1) is 13.5. The molecule has 2 aromatic carbocycles. The predicted octanol–water partition coefficient (Wildman–Crippen LogP) is 5.00. The van der Waals surface area contributed by atoms with Gasteiger partial charge in [0.2, 0.25) is 0 Å². The summed E-state index contributed by atoms with van der Waals surface area (Å²) in [5.74, 6) is 0.987. The highest BCUT2D eigenvalue weighted by molar-refractivity contribution is 9.10. The number of hydrogen-bond donors (Lipinski definition) is 1. The number of rotatable bonds is 2. The van der Waals surface area contributed by atoms with E-state index < -0.39 is 0 Å². The highest BCUT2D eigenvalue weighted by atomic mass is 79.9. The third-order valence-corrected chi connectivity index (χ3v) is 4.07. The second-order valence-corrected chi connectivity index (χ2v) is 6.31. The van der Waals surface area contributed by atoms with Gasteiger partial charge in [0, 0.05) is 22.1 Å². The summed E-state index contributed by atoms with van der Waals surface area (Å²) in [5.41, 5.74) is 4.98. The minimum absolute atomic E-state index is 0.303. The van der Waals surface area contributed by atoms with Crippen LogP contribution in [0.4, 0.5) is 5.69 Å². The molecule has 1 N–H and O–H groups in total. The van der Waals surface area contributed by atoms with Crippen molar-refractivity contribution in [3.05, 3.63) is 57.6 Å². The zero-order valence-corrected chi connectivity index (χ0v) is 13.3. The highest BCUT2D eigenvalue weighted by Crippen LogP contribution is 2.36. The average molecular weight is 332 g/mol. The summed E-state index contributed by atoms with van der Waals surface area (Å²) in [6.45, 7) is 5.02. The third kappa shape index (κ3) is 2.83. The van der Waals surface area contributed by atoms with Gasteiger partial charge in [-0.05, 0) is 55.3 Å². The topological polar surface area (TPSA) is 21.3 Å². The maximum atomic E-state index is 5.73. The van der Waals surface area contributed by atoms with E-state index in [4.69, 9.17) is 4.74 Å². The summed E-state index contributed by atoms with van der Waals surface area (Å²) in [5, 5.41) is 3.65. The summed E-state index contributed by atoms with van der Waals surface area (Å²) in [6, 6.07) is 13.1. The van der Waals surface area contributed by atoms with Crippen molar-refractivity contribution in [3.63, 3.8) is 0 Å². The van der Waals surface area contributed by atoms with Crippen molar-refractivity contribution in [2.45, 2.75) is 26.3 Å². The van der Waals surface area contributed by atoms with Crippen molar-refractivity contribution in [3.8, 4) is 5.75 Å². The lowest BCUT2D eigenvalue weighted by Crippen LogP contribution is -2.20. The van der Waals surface area contributed by atoms with Gasteiger partial charge >= 0.3 is 0 Å². The van der Waals surface area contributed by atoms with Crippen LogP contribution in [0.2, 0.25) is 0 Å². The maximum absolute atomic E-state index is 5.73. The summed E-state index contributed by atoms with van der Waals surface area (Å²) >= 11 is 3.54. The first-order valence-corrected chi connectivity index (χ1v) is 7.68. The molecule has 0 spiro atoms. The maximum Gasteiger partial charge on any atom is 0.124 e. The second-order valence-electron chi connectivity index (χ2n) is 5.39. The fraction of sp³-hybridized carbons (Fsp3) is 0.294. The summed E-state index contributed by atoms with van der Waals surface area (Å²) in [4.78, 5) is 0. The quantitative estimate of drug-likeness (QED) is 0.835. The predicted molar refractivity (Wildman–Crippen MR) is 86.5 cm³/mol. The Morgan fingerprint density at radius 1 is 1.10 bits per heavy atom. The van der Waals surface area contributed by atoms with E-state index in [0.717, 1.165) is 23.2 Å². The van der Waals surface area contributed by atoms with Crippen LogP contribution >= 0.6 is 15.9 Å². The average Bonchev–Trinajstić information content (AvgIpc) is 2.38. The van der Waals surface area contributed by atoms with Gasteiger partial charge in [-0.2, -0.15) is 0 Å². The highest BCUT2D eigenvalue weighted by Gasteiger charge is 2.21. The number of ether oxygens (including phenoxy) is 1. The van der Waals surface area contributed by atoms with E-state index in [-0.39, 0.29) is 0 Å². The van der Waals surface area contributed by atoms with Crippen LogP contribution in [0.1, 0.15) is 29.2 Å². The molecule has 104 valence electrons. The minimum atomic E-state index is 0.303. The molecule has 0 amide bonds. The van der Waals surface area contributed by atoms with Crippen molar-refractivity contribution in [2.24, 2.45) is 0 Å². The van der Waals surface area contributed by atoms with Gasteiger partial charge < -0.3 is 10.1 Å². The van der Waals surface area contributed by atoms with Crippen LogP contribution in [-0.2, 0) is 0 Å². The minimum Gasteiger partial charge on any atom is -0.493 e. The smallest absolute Gasteiger partial charge is 0.124 e. The van der Waals surface area contributed by atoms with Crippen LogP contribution in [0.25, 0.3) is 0 Å². The van der Waals surface area contributed by atoms with Crippen LogP contribution < -0.4 is 10.1 Å². The molecular formula is C17H18BrNO. The van der Waals surface area contributed by atoms with Gasteiger partial charge in [-0.15, -0.1) is 0 Å². The van der Waals surface area contributed by atoms with E-state index in [2.05, 4.69) is 59.4 Å². The zero-order chi connectivity index (χ0) is 14.1. The van der Waals surface area contributed by atoms with Crippen molar-refractivity contribution >= 4 is 21.6 Å². The van der Waals surface area contributed by atoms with Crippen LogP contribution in [-0.4, -0.2) is 6.61 Å². The van der Waals surface area contributed by atoms with Gasteiger partial charge in [-0.25, -0.2) is 0 Å². The Hall–Kier alpha value is -1.48. The van der Waals surface area contributed by atoms with E-state index >= 15 is 0 Å². The molecule has 3 heteroatoms. The lowest BCUT2D eigenvalue weighted by molar-refractivity contribution is 0.274. The molecule has 0 bridgehead atoms. The van der Waals surface area contributed by atoms with E-state index in [0.29, 0.717) is 6.04 Å². The number of halogens is 1. The lowest BCUT2D eigenvalue weighted by atomic mass is 10.00. The molecule has 1 aliphatic heterocycles. The Morgan fingerprint density at radius 3 is 2.60 bits per heavy atom. The number of benzene rings is 2. The molecule has 1 atom stereocenters. The zero-order valence-electron chi connectivity index (χ0n) is 11.7. The van der Waals surface area contributed by atoms with E-state index in [1.807, 2.05) is 12.1 Å². The Morgan fingerprint density at radius 2 is 1.85 bits per heavy atom. The van der Waals surface area contributed by atoms with Crippen molar-refractivity contribution in [2.75, 3.05) is 11.9 Å². The molecule has 2 nitrogen and oxygen atoms in total. The van der Waals surface area contributed by atoms with Gasteiger partial charge in [0.1, 0.15) is 5.75 Å². The molecule has 1 unspecified atom stereocenters. The Bertz CT molecular complexity index is 619. The Kier molecular flexibility index (Phi) is 3.70. The van der Waals surface area contributed by atoms with Crippen molar-refractivity contribution in [1.82, 2.24) is 0 Å². The largest absolute Gasteiger partial charge is 0.493 e. The molecule has 20 heavy (non-hydrogen) atoms. The molecule has 0 saturated heterocycles. The summed E-state index contributed by atoms with van der Waals surface area (Å²) < 4.78 is 6.82. The van der Waals surface area contributed by atoms with Crippen LogP contribution in [0, 0.1) is 13.8 Å². The number of hydrogen-bond acceptors (Lipinski definition) is 2. The molecule has 3 rings (SSSR count). The summed E-state index contributed by atoms with van der Waals surface area (Å²) in [7, 11) is 0. The summed E-state index contributed by atoms with van der Waals surface area (Å²) in [6.07, 6.45) is 0.983. The van der Waals surface area contributed by atoms with Gasteiger partial charge in [0.05, 0.1) is 12.6 Å². The lowest BCUT2D eigenvalue weighted by Gasteiger charge is -2.28. The molecule has 0 saturated carbocycles. The fourth-order valence-electron chi connectivity index (χ4n) is 2.77. The number of nitrogens with one attached hydrogen (secondary N) is 1. The molecule has 0 radical (unpaired) electrons. The second kappa shape index (κ2) is 5.49. The first-order valence-electron chi connectivity index (χ1n) is 6.89. The van der Waals surface area contributed by atoms with Gasteiger partial charge in [0.25, 0.3) is 0 Å². The van der Waals surface area contributed by atoms with Crippen molar-refractivity contribution < 1.29 is 4.74 Å². The molecule has 2 aromatic rings. The van der Waals surface area contributed by atoms with Crippen LogP contribution in [0.3, 0.4) is 0 Å². The standard InChI is InChI=1S/C17H18BrNO/c1-11-7-12(2)9-14(8-11)19-16-5-6-20-17-4-3-13(18)10-15(16)17/h3-4,7-10,16,19H,5-6H2,1-2H3. The number of anilines is 1.